The van der Waals surface area contributed by atoms with Gasteiger partial charge in [0.2, 0.25) is 0 Å². The highest BCUT2D eigenvalue weighted by Gasteiger charge is 2.21. The molecule has 0 fully saturated rings. The molecule has 0 N–H and O–H groups in total. The summed E-state index contributed by atoms with van der Waals surface area (Å²) in [7, 11) is 0. The van der Waals surface area contributed by atoms with Gasteiger partial charge in [-0.2, -0.15) is 0 Å². The summed E-state index contributed by atoms with van der Waals surface area (Å²) >= 11 is 11.9. The molecule has 0 unspecified atom stereocenters. The van der Waals surface area contributed by atoms with Gasteiger partial charge >= 0.3 is 0 Å². The second kappa shape index (κ2) is 5.81. The van der Waals surface area contributed by atoms with Crippen LogP contribution in [0.2, 0.25) is 10.0 Å². The minimum Gasteiger partial charge on any atom is -0.391 e. The zero-order chi connectivity index (χ0) is 13.9. The van der Waals surface area contributed by atoms with Crippen LogP contribution in [0.4, 0.5) is 0 Å². The van der Waals surface area contributed by atoms with Gasteiger partial charge in [0, 0.05) is 15.6 Å². The molecule has 1 aliphatic rings. The third kappa shape index (κ3) is 2.78. The van der Waals surface area contributed by atoms with E-state index >= 15 is 0 Å². The normalized spacial score (nSPS) is 16.2. The summed E-state index contributed by atoms with van der Waals surface area (Å²) in [6.45, 7) is 0.278. The number of hydrogen-bond acceptors (Lipinski definition) is 5. The van der Waals surface area contributed by atoms with Gasteiger partial charge in [0.05, 0.1) is 0 Å². The summed E-state index contributed by atoms with van der Waals surface area (Å²) in [5.41, 5.74) is 3.12. The molecule has 1 aliphatic carbocycles. The molecule has 0 saturated carbocycles. The third-order valence-corrected chi connectivity index (χ3v) is 3.65. The molecular formula is C13H11Cl2N3O2. The fourth-order valence-electron chi connectivity index (χ4n) is 2.04. The second-order valence-electron chi connectivity index (χ2n) is 4.46. The van der Waals surface area contributed by atoms with Gasteiger partial charge in [0.15, 0.2) is 5.69 Å². The SMILES string of the molecule is Clc1ccc(CON=C2CCCc3nonc32)c(Cl)c1. The van der Waals surface area contributed by atoms with Crippen LogP contribution >= 0.6 is 23.2 Å². The Labute approximate surface area is 125 Å². The van der Waals surface area contributed by atoms with Crippen LogP contribution in [0, 0.1) is 0 Å². The first-order chi connectivity index (χ1) is 9.74. The van der Waals surface area contributed by atoms with Crippen molar-refractivity contribution in [2.75, 3.05) is 0 Å². The van der Waals surface area contributed by atoms with Crippen LogP contribution in [-0.4, -0.2) is 16.0 Å². The average molecular weight is 312 g/mol. The first kappa shape index (κ1) is 13.4. The lowest BCUT2D eigenvalue weighted by atomic mass is 9.99. The fourth-order valence-corrected chi connectivity index (χ4v) is 2.50. The van der Waals surface area contributed by atoms with Crippen molar-refractivity contribution in [3.05, 3.63) is 45.2 Å². The maximum absolute atomic E-state index is 6.06. The van der Waals surface area contributed by atoms with Crippen molar-refractivity contribution in [3.63, 3.8) is 0 Å². The van der Waals surface area contributed by atoms with Gasteiger partial charge in [-0.3, -0.25) is 0 Å². The lowest BCUT2D eigenvalue weighted by molar-refractivity contribution is 0.130. The molecular weight excluding hydrogens is 301 g/mol. The van der Waals surface area contributed by atoms with Crippen LogP contribution in [0.5, 0.6) is 0 Å². The number of rotatable bonds is 3. The molecule has 1 aromatic carbocycles. The molecule has 1 aromatic heterocycles. The summed E-state index contributed by atoms with van der Waals surface area (Å²) in [4.78, 5) is 5.36. The number of aryl methyl sites for hydroxylation is 1. The van der Waals surface area contributed by atoms with Gasteiger partial charge in [-0.25, -0.2) is 4.63 Å². The van der Waals surface area contributed by atoms with Gasteiger partial charge in [-0.1, -0.05) is 39.6 Å². The second-order valence-corrected chi connectivity index (χ2v) is 5.30. The van der Waals surface area contributed by atoms with E-state index in [2.05, 4.69) is 15.5 Å². The molecule has 0 saturated heterocycles. The molecule has 0 amide bonds. The number of aromatic nitrogens is 2. The molecule has 20 heavy (non-hydrogen) atoms. The Balaban J connectivity index is 1.70. The van der Waals surface area contributed by atoms with E-state index in [0.29, 0.717) is 15.7 Å². The largest absolute Gasteiger partial charge is 0.391 e. The van der Waals surface area contributed by atoms with Crippen molar-refractivity contribution in [1.29, 1.82) is 0 Å². The monoisotopic (exact) mass is 311 g/mol. The van der Waals surface area contributed by atoms with E-state index in [1.165, 1.54) is 0 Å². The molecule has 0 aliphatic heterocycles. The number of fused-ring (bicyclic) bond motifs is 1. The minimum absolute atomic E-state index is 0.278. The number of hydrogen-bond donors (Lipinski definition) is 0. The van der Waals surface area contributed by atoms with E-state index < -0.39 is 0 Å². The minimum atomic E-state index is 0.278. The molecule has 5 nitrogen and oxygen atoms in total. The smallest absolute Gasteiger partial charge is 0.155 e. The molecule has 2 aromatic rings. The Hall–Kier alpha value is -1.59. The first-order valence-electron chi connectivity index (χ1n) is 6.18. The fraction of sp³-hybridized carbons (Fsp3) is 0.308. The van der Waals surface area contributed by atoms with Crippen LogP contribution < -0.4 is 0 Å². The highest BCUT2D eigenvalue weighted by Crippen LogP contribution is 2.22. The predicted molar refractivity (Wildman–Crippen MR) is 75.0 cm³/mol. The van der Waals surface area contributed by atoms with Gasteiger partial charge in [0.1, 0.15) is 18.0 Å². The maximum Gasteiger partial charge on any atom is 0.155 e. The maximum atomic E-state index is 6.06. The number of oxime groups is 1. The van der Waals surface area contributed by atoms with Crippen molar-refractivity contribution in [2.24, 2.45) is 5.16 Å². The van der Waals surface area contributed by atoms with Gasteiger partial charge < -0.3 is 4.84 Å². The summed E-state index contributed by atoms with van der Waals surface area (Å²) in [6, 6.07) is 5.25. The highest BCUT2D eigenvalue weighted by molar-refractivity contribution is 6.35. The summed E-state index contributed by atoms with van der Waals surface area (Å²) in [5, 5.41) is 13.0. The standard InChI is InChI=1S/C13H11Cl2N3O2/c14-9-5-4-8(10(15)6-9)7-19-16-11-2-1-3-12-13(11)18-20-17-12/h4-6H,1-3,7H2. The van der Waals surface area contributed by atoms with Gasteiger partial charge in [-0.15, -0.1) is 0 Å². The van der Waals surface area contributed by atoms with E-state index in [-0.39, 0.29) is 6.61 Å². The molecule has 104 valence electrons. The molecule has 7 heteroatoms. The van der Waals surface area contributed by atoms with Crippen LogP contribution in [-0.2, 0) is 17.9 Å². The first-order valence-corrected chi connectivity index (χ1v) is 6.94. The van der Waals surface area contributed by atoms with Crippen molar-refractivity contribution in [1.82, 2.24) is 10.3 Å². The van der Waals surface area contributed by atoms with Crippen LogP contribution in [0.15, 0.2) is 28.0 Å². The van der Waals surface area contributed by atoms with E-state index in [0.717, 1.165) is 36.2 Å². The van der Waals surface area contributed by atoms with E-state index in [4.69, 9.17) is 32.7 Å². The zero-order valence-electron chi connectivity index (χ0n) is 10.5. The van der Waals surface area contributed by atoms with E-state index in [9.17, 15) is 0 Å². The van der Waals surface area contributed by atoms with Gasteiger partial charge in [-0.05, 0) is 36.6 Å². The Morgan fingerprint density at radius 2 is 2.15 bits per heavy atom. The summed E-state index contributed by atoms with van der Waals surface area (Å²) in [6.07, 6.45) is 2.63. The number of nitrogens with zero attached hydrogens (tertiary/aromatic N) is 3. The molecule has 3 rings (SSSR count). The van der Waals surface area contributed by atoms with E-state index in [1.807, 2.05) is 6.07 Å². The molecule has 0 radical (unpaired) electrons. The Bertz CT molecular complexity index is 655. The topological polar surface area (TPSA) is 60.5 Å². The lowest BCUT2D eigenvalue weighted by Gasteiger charge is -2.09. The van der Waals surface area contributed by atoms with Crippen LogP contribution in [0.1, 0.15) is 29.8 Å². The van der Waals surface area contributed by atoms with Crippen molar-refractivity contribution in [2.45, 2.75) is 25.9 Å². The molecule has 1 heterocycles. The molecule has 0 bridgehead atoms. The van der Waals surface area contributed by atoms with Crippen molar-refractivity contribution < 1.29 is 9.47 Å². The highest BCUT2D eigenvalue weighted by atomic mass is 35.5. The van der Waals surface area contributed by atoms with E-state index in [1.54, 1.807) is 12.1 Å². The quantitative estimate of drug-likeness (QED) is 0.812. The zero-order valence-corrected chi connectivity index (χ0v) is 12.0. The summed E-state index contributed by atoms with van der Waals surface area (Å²) < 4.78 is 4.72. The van der Waals surface area contributed by atoms with Crippen LogP contribution in [0.3, 0.4) is 0 Å². The Morgan fingerprint density at radius 3 is 3.00 bits per heavy atom. The Morgan fingerprint density at radius 1 is 1.25 bits per heavy atom. The molecule has 0 atom stereocenters. The number of benzene rings is 1. The predicted octanol–water partition coefficient (Wildman–Crippen LogP) is 3.63. The third-order valence-electron chi connectivity index (χ3n) is 3.07. The average Bonchev–Trinajstić information content (AvgIpc) is 2.90. The summed E-state index contributed by atoms with van der Waals surface area (Å²) in [5.74, 6) is 0. The van der Waals surface area contributed by atoms with Crippen molar-refractivity contribution in [3.8, 4) is 0 Å². The number of halogens is 2. The molecule has 0 spiro atoms. The Kier molecular flexibility index (Phi) is 3.89. The van der Waals surface area contributed by atoms with Crippen LogP contribution in [0.25, 0.3) is 0 Å². The van der Waals surface area contributed by atoms with Gasteiger partial charge in [0.25, 0.3) is 0 Å². The lowest BCUT2D eigenvalue weighted by Crippen LogP contribution is -2.12. The van der Waals surface area contributed by atoms with Crippen molar-refractivity contribution >= 4 is 28.9 Å².